The summed E-state index contributed by atoms with van der Waals surface area (Å²) in [5.74, 6) is 0.266. The second kappa shape index (κ2) is 9.01. The van der Waals surface area contributed by atoms with Crippen molar-refractivity contribution < 1.29 is 4.79 Å². The van der Waals surface area contributed by atoms with Crippen molar-refractivity contribution in [2.45, 2.75) is 37.3 Å². The molecular formula is C17H20ClN5OS. The molecule has 0 spiro atoms. The number of nitrogens with zero attached hydrogens (tertiary/aromatic N) is 4. The van der Waals surface area contributed by atoms with Crippen molar-refractivity contribution in [2.24, 2.45) is 0 Å². The quantitative estimate of drug-likeness (QED) is 0.591. The predicted octanol–water partition coefficient (Wildman–Crippen LogP) is 3.41. The largest absolute Gasteiger partial charge is 0.355 e. The van der Waals surface area contributed by atoms with E-state index >= 15 is 0 Å². The zero-order chi connectivity index (χ0) is 17.5. The van der Waals surface area contributed by atoms with E-state index in [0.29, 0.717) is 16.7 Å². The second-order valence-corrected chi connectivity index (χ2v) is 7.23. The molecule has 6 nitrogen and oxygen atoms in total. The molecule has 3 rings (SSSR count). The van der Waals surface area contributed by atoms with Crippen molar-refractivity contribution in [3.05, 3.63) is 40.9 Å². The lowest BCUT2D eigenvalue weighted by atomic mass is 9.97. The van der Waals surface area contributed by atoms with Gasteiger partial charge in [-0.15, -0.1) is 5.10 Å². The molecule has 1 N–H and O–H groups in total. The van der Waals surface area contributed by atoms with Crippen LogP contribution in [-0.2, 0) is 4.79 Å². The van der Waals surface area contributed by atoms with Crippen molar-refractivity contribution in [2.75, 3.05) is 12.3 Å². The molecule has 0 bridgehead atoms. The first kappa shape index (κ1) is 17.9. The van der Waals surface area contributed by atoms with Crippen LogP contribution in [0.25, 0.3) is 5.69 Å². The van der Waals surface area contributed by atoms with E-state index in [1.165, 1.54) is 43.0 Å². The lowest BCUT2D eigenvalue weighted by molar-refractivity contribution is -0.118. The SMILES string of the molecule is O=C(CSc1nnnn1-c1cccc(Cl)c1)NCCC1=CCCCC1. The molecule has 132 valence electrons. The number of hydrogen-bond donors (Lipinski definition) is 1. The molecule has 0 unspecified atom stereocenters. The molecule has 2 aromatic rings. The van der Waals surface area contributed by atoms with Gasteiger partial charge in [-0.1, -0.05) is 41.1 Å². The Balaban J connectivity index is 1.48. The number of nitrogens with one attached hydrogen (secondary N) is 1. The fraction of sp³-hybridized carbons (Fsp3) is 0.412. The average molecular weight is 378 g/mol. The number of carbonyl (C=O) groups excluding carboxylic acids is 1. The molecular weight excluding hydrogens is 358 g/mol. The van der Waals surface area contributed by atoms with Gasteiger partial charge in [-0.05, 0) is 60.7 Å². The standard InChI is InChI=1S/C17H20ClN5OS/c18-14-7-4-8-15(11-14)23-17(20-21-22-23)25-12-16(24)19-10-9-13-5-2-1-3-6-13/h4-5,7-8,11H,1-3,6,9-10,12H2,(H,19,24). The number of amides is 1. The second-order valence-electron chi connectivity index (χ2n) is 5.85. The minimum absolute atomic E-state index is 0.0120. The predicted molar refractivity (Wildman–Crippen MR) is 99.1 cm³/mol. The maximum Gasteiger partial charge on any atom is 0.230 e. The van der Waals surface area contributed by atoms with Gasteiger partial charge in [0.15, 0.2) is 0 Å². The van der Waals surface area contributed by atoms with E-state index in [1.807, 2.05) is 12.1 Å². The molecule has 1 aromatic heterocycles. The number of benzene rings is 1. The summed E-state index contributed by atoms with van der Waals surface area (Å²) >= 11 is 7.31. The number of allylic oxidation sites excluding steroid dienone is 1. The van der Waals surface area contributed by atoms with Gasteiger partial charge >= 0.3 is 0 Å². The van der Waals surface area contributed by atoms with Gasteiger partial charge in [-0.2, -0.15) is 4.68 Å². The first-order chi connectivity index (χ1) is 12.2. The lowest BCUT2D eigenvalue weighted by Gasteiger charge is -2.12. The zero-order valence-corrected chi connectivity index (χ0v) is 15.4. The van der Waals surface area contributed by atoms with Gasteiger partial charge in [0.2, 0.25) is 11.1 Å². The molecule has 0 fully saturated rings. The van der Waals surface area contributed by atoms with Crippen molar-refractivity contribution in [1.29, 1.82) is 0 Å². The first-order valence-electron chi connectivity index (χ1n) is 8.34. The maximum atomic E-state index is 12.0. The van der Waals surface area contributed by atoms with Crippen LogP contribution < -0.4 is 5.32 Å². The van der Waals surface area contributed by atoms with Crippen molar-refractivity contribution >= 4 is 29.3 Å². The van der Waals surface area contributed by atoms with Crippen LogP contribution in [0.15, 0.2) is 41.1 Å². The Morgan fingerprint density at radius 1 is 1.36 bits per heavy atom. The highest BCUT2D eigenvalue weighted by molar-refractivity contribution is 7.99. The highest BCUT2D eigenvalue weighted by Gasteiger charge is 2.12. The fourth-order valence-electron chi connectivity index (χ4n) is 2.71. The van der Waals surface area contributed by atoms with E-state index in [-0.39, 0.29) is 11.7 Å². The Kier molecular flexibility index (Phi) is 6.47. The summed E-state index contributed by atoms with van der Waals surface area (Å²) in [7, 11) is 0. The van der Waals surface area contributed by atoms with Gasteiger partial charge in [0, 0.05) is 11.6 Å². The first-order valence-corrected chi connectivity index (χ1v) is 9.70. The molecule has 0 radical (unpaired) electrons. The summed E-state index contributed by atoms with van der Waals surface area (Å²) in [6, 6.07) is 7.27. The Bertz CT molecular complexity index is 761. The van der Waals surface area contributed by atoms with Crippen LogP contribution in [-0.4, -0.2) is 38.4 Å². The molecule has 25 heavy (non-hydrogen) atoms. The zero-order valence-electron chi connectivity index (χ0n) is 13.8. The van der Waals surface area contributed by atoms with Crippen LogP contribution >= 0.6 is 23.4 Å². The van der Waals surface area contributed by atoms with Gasteiger partial charge in [-0.25, -0.2) is 0 Å². The molecule has 0 atom stereocenters. The van der Waals surface area contributed by atoms with Crippen LogP contribution in [0.2, 0.25) is 5.02 Å². The van der Waals surface area contributed by atoms with Crippen LogP contribution in [0.5, 0.6) is 0 Å². The number of aromatic nitrogens is 4. The number of rotatable bonds is 7. The highest BCUT2D eigenvalue weighted by atomic mass is 35.5. The minimum atomic E-state index is -0.0120. The number of thioether (sulfide) groups is 1. The molecule has 0 aliphatic heterocycles. The fourth-order valence-corrected chi connectivity index (χ4v) is 3.62. The molecule has 1 amide bonds. The monoisotopic (exact) mass is 377 g/mol. The summed E-state index contributed by atoms with van der Waals surface area (Å²) < 4.78 is 1.58. The van der Waals surface area contributed by atoms with Crippen molar-refractivity contribution in [3.63, 3.8) is 0 Å². The van der Waals surface area contributed by atoms with E-state index in [9.17, 15) is 4.79 Å². The number of carbonyl (C=O) groups is 1. The van der Waals surface area contributed by atoms with E-state index in [0.717, 1.165) is 12.1 Å². The molecule has 8 heteroatoms. The van der Waals surface area contributed by atoms with Gasteiger partial charge < -0.3 is 5.32 Å². The average Bonchev–Trinajstić information content (AvgIpc) is 3.09. The molecule has 1 heterocycles. The normalized spacial score (nSPS) is 14.2. The highest BCUT2D eigenvalue weighted by Crippen LogP contribution is 2.21. The topological polar surface area (TPSA) is 72.7 Å². The number of hydrogen-bond acceptors (Lipinski definition) is 5. The molecule has 0 saturated carbocycles. The molecule has 1 aliphatic carbocycles. The van der Waals surface area contributed by atoms with Gasteiger partial charge in [0.05, 0.1) is 11.4 Å². The smallest absolute Gasteiger partial charge is 0.230 e. The molecule has 1 aliphatic rings. The summed E-state index contributed by atoms with van der Waals surface area (Å²) in [5.41, 5.74) is 2.23. The van der Waals surface area contributed by atoms with Gasteiger partial charge in [0.25, 0.3) is 0 Å². The maximum absolute atomic E-state index is 12.0. The summed E-state index contributed by atoms with van der Waals surface area (Å²) in [5, 5.41) is 15.8. The van der Waals surface area contributed by atoms with E-state index in [4.69, 9.17) is 11.6 Å². The minimum Gasteiger partial charge on any atom is -0.355 e. The van der Waals surface area contributed by atoms with Crippen molar-refractivity contribution in [1.82, 2.24) is 25.5 Å². The van der Waals surface area contributed by atoms with E-state index < -0.39 is 0 Å². The third kappa shape index (κ3) is 5.31. The number of halogens is 1. The van der Waals surface area contributed by atoms with Crippen LogP contribution in [0.4, 0.5) is 0 Å². The van der Waals surface area contributed by atoms with Gasteiger partial charge in [-0.3, -0.25) is 4.79 Å². The summed E-state index contributed by atoms with van der Waals surface area (Å²) in [4.78, 5) is 12.0. The summed E-state index contributed by atoms with van der Waals surface area (Å²) in [6.45, 7) is 0.685. The Hall–Kier alpha value is -1.86. The molecule has 0 saturated heterocycles. The Labute approximate surface area is 156 Å². The van der Waals surface area contributed by atoms with Crippen molar-refractivity contribution in [3.8, 4) is 5.69 Å². The van der Waals surface area contributed by atoms with E-state index in [2.05, 4.69) is 26.9 Å². The number of tetrazole rings is 1. The Morgan fingerprint density at radius 3 is 3.08 bits per heavy atom. The van der Waals surface area contributed by atoms with Gasteiger partial charge in [0.1, 0.15) is 0 Å². The Morgan fingerprint density at radius 2 is 2.28 bits per heavy atom. The van der Waals surface area contributed by atoms with Crippen LogP contribution in [0.3, 0.4) is 0 Å². The van der Waals surface area contributed by atoms with Crippen LogP contribution in [0, 0.1) is 0 Å². The third-order valence-electron chi connectivity index (χ3n) is 3.98. The molecule has 1 aromatic carbocycles. The van der Waals surface area contributed by atoms with E-state index in [1.54, 1.807) is 16.8 Å². The van der Waals surface area contributed by atoms with Crippen LogP contribution in [0.1, 0.15) is 32.1 Å². The third-order valence-corrected chi connectivity index (χ3v) is 5.13. The lowest BCUT2D eigenvalue weighted by Crippen LogP contribution is -2.26. The summed E-state index contributed by atoms with van der Waals surface area (Å²) in [6.07, 6.45) is 8.14.